The Kier molecular flexibility index (Phi) is 7.23. The van der Waals surface area contributed by atoms with Crippen molar-refractivity contribution in [1.82, 2.24) is 4.98 Å². The first-order valence-electron chi connectivity index (χ1n) is 10.5. The Morgan fingerprint density at radius 2 is 1.86 bits per heavy atom. The van der Waals surface area contributed by atoms with Crippen LogP contribution in [-0.4, -0.2) is 46.1 Å². The number of carbonyl (C=O) groups is 2. The number of amides is 2. The molecule has 1 atom stereocenters. The van der Waals surface area contributed by atoms with Gasteiger partial charge in [0.2, 0.25) is 0 Å². The second-order valence-electron chi connectivity index (χ2n) is 8.08. The molecular weight excluding hydrogens is 539 g/mol. The normalized spacial score (nSPS) is 18.8. The average Bonchev–Trinajstić information content (AvgIpc) is 2.93. The first-order valence-corrected chi connectivity index (χ1v) is 11.7. The van der Waals surface area contributed by atoms with Crippen molar-refractivity contribution in [2.75, 3.05) is 23.4 Å². The summed E-state index contributed by atoms with van der Waals surface area (Å²) in [6, 6.07) is 11.1. The van der Waals surface area contributed by atoms with Gasteiger partial charge in [-0.25, -0.2) is 13.8 Å². The van der Waals surface area contributed by atoms with Crippen LogP contribution < -0.4 is 10.2 Å². The van der Waals surface area contributed by atoms with Gasteiger partial charge in [0.15, 0.2) is 5.60 Å². The molecular formula is C24H18Cl3F2N3O4. The summed E-state index contributed by atoms with van der Waals surface area (Å²) in [5.74, 6) is -4.89. The molecule has 0 bridgehead atoms. The van der Waals surface area contributed by atoms with Gasteiger partial charge in [-0.1, -0.05) is 40.9 Å². The van der Waals surface area contributed by atoms with Gasteiger partial charge in [0, 0.05) is 29.7 Å². The summed E-state index contributed by atoms with van der Waals surface area (Å²) in [5, 5.41) is 23.3. The quantitative estimate of drug-likeness (QED) is 0.412. The van der Waals surface area contributed by atoms with Crippen LogP contribution in [0.25, 0.3) is 0 Å². The molecule has 3 N–H and O–H groups in total. The van der Waals surface area contributed by atoms with Crippen LogP contribution in [0.1, 0.15) is 32.7 Å². The number of carbonyl (C=O) groups excluding carboxylic acids is 2. The van der Waals surface area contributed by atoms with Crippen molar-refractivity contribution in [3.8, 4) is 0 Å². The number of hydrogen-bond acceptors (Lipinski definition) is 5. The first kappa shape index (κ1) is 26.2. The molecule has 0 fully saturated rings. The van der Waals surface area contributed by atoms with Crippen molar-refractivity contribution in [2.45, 2.75) is 17.9 Å². The molecule has 0 saturated carbocycles. The van der Waals surface area contributed by atoms with Crippen LogP contribution in [0.5, 0.6) is 0 Å². The van der Waals surface area contributed by atoms with Crippen LogP contribution in [0.2, 0.25) is 15.1 Å². The van der Waals surface area contributed by atoms with Gasteiger partial charge in [-0.3, -0.25) is 9.59 Å². The van der Waals surface area contributed by atoms with Crippen molar-refractivity contribution in [3.63, 3.8) is 0 Å². The molecule has 1 aliphatic rings. The SMILES string of the molecule is O=C(Nc1ccc(C(=O)N2CCC(F)(F)[C@@](O)(CO)c3cc(Cl)ccc32)cn1)c1cccc(Cl)c1Cl. The van der Waals surface area contributed by atoms with Crippen molar-refractivity contribution in [1.29, 1.82) is 0 Å². The number of pyridine rings is 1. The molecule has 0 spiro atoms. The van der Waals surface area contributed by atoms with Gasteiger partial charge in [-0.15, -0.1) is 0 Å². The van der Waals surface area contributed by atoms with E-state index in [1.54, 1.807) is 6.07 Å². The summed E-state index contributed by atoms with van der Waals surface area (Å²) >= 11 is 18.0. The minimum Gasteiger partial charge on any atom is -0.393 e. The number of aromatic nitrogens is 1. The molecule has 7 nitrogen and oxygen atoms in total. The second kappa shape index (κ2) is 9.91. The van der Waals surface area contributed by atoms with Crippen molar-refractivity contribution in [2.24, 2.45) is 0 Å². The summed E-state index contributed by atoms with van der Waals surface area (Å²) in [4.78, 5) is 30.9. The lowest BCUT2D eigenvalue weighted by Crippen LogP contribution is -2.48. The summed E-state index contributed by atoms with van der Waals surface area (Å²) in [7, 11) is 0. The van der Waals surface area contributed by atoms with E-state index in [9.17, 15) is 28.6 Å². The fraction of sp³-hybridized carbons (Fsp3) is 0.208. The van der Waals surface area contributed by atoms with E-state index >= 15 is 0 Å². The zero-order valence-electron chi connectivity index (χ0n) is 18.3. The number of benzene rings is 2. The van der Waals surface area contributed by atoms with Gasteiger partial charge < -0.3 is 20.4 Å². The fourth-order valence-electron chi connectivity index (χ4n) is 3.88. The number of nitrogens with one attached hydrogen (secondary N) is 1. The molecule has 2 heterocycles. The number of aliphatic hydroxyl groups is 2. The Labute approximate surface area is 219 Å². The Balaban J connectivity index is 1.62. The lowest BCUT2D eigenvalue weighted by atomic mass is 9.86. The maximum atomic E-state index is 14.9. The Morgan fingerprint density at radius 1 is 1.11 bits per heavy atom. The molecule has 1 aromatic heterocycles. The lowest BCUT2D eigenvalue weighted by molar-refractivity contribution is -0.205. The Hall–Kier alpha value is -2.82. The third kappa shape index (κ3) is 4.65. The van der Waals surface area contributed by atoms with E-state index in [-0.39, 0.29) is 43.3 Å². The molecule has 0 saturated heterocycles. The van der Waals surface area contributed by atoms with E-state index in [0.717, 1.165) is 11.0 Å². The molecule has 4 rings (SSSR count). The van der Waals surface area contributed by atoms with E-state index < -0.39 is 42.9 Å². The monoisotopic (exact) mass is 555 g/mol. The number of alkyl halides is 2. The van der Waals surface area contributed by atoms with Gasteiger partial charge in [-0.2, -0.15) is 0 Å². The smallest absolute Gasteiger partial charge is 0.284 e. The van der Waals surface area contributed by atoms with Gasteiger partial charge in [0.1, 0.15) is 5.82 Å². The van der Waals surface area contributed by atoms with Crippen LogP contribution in [0.3, 0.4) is 0 Å². The summed E-state index contributed by atoms with van der Waals surface area (Å²) in [5.41, 5.74) is -3.17. The molecule has 2 amide bonds. The highest BCUT2D eigenvalue weighted by Gasteiger charge is 2.56. The van der Waals surface area contributed by atoms with E-state index in [1.807, 2.05) is 0 Å². The van der Waals surface area contributed by atoms with Gasteiger partial charge in [-0.05, 0) is 42.5 Å². The molecule has 1 aliphatic heterocycles. The molecule has 2 aromatic carbocycles. The largest absolute Gasteiger partial charge is 0.393 e. The predicted octanol–water partition coefficient (Wildman–Crippen LogP) is 5.16. The Morgan fingerprint density at radius 3 is 2.53 bits per heavy atom. The van der Waals surface area contributed by atoms with E-state index in [4.69, 9.17) is 34.8 Å². The van der Waals surface area contributed by atoms with E-state index in [1.165, 1.54) is 42.6 Å². The molecule has 188 valence electrons. The number of fused-ring (bicyclic) bond motifs is 1. The molecule has 0 unspecified atom stereocenters. The number of rotatable bonds is 4. The van der Waals surface area contributed by atoms with Gasteiger partial charge in [0.25, 0.3) is 17.7 Å². The summed E-state index contributed by atoms with van der Waals surface area (Å²) < 4.78 is 29.7. The van der Waals surface area contributed by atoms with Gasteiger partial charge >= 0.3 is 0 Å². The number of aliphatic hydroxyl groups excluding tert-OH is 1. The maximum Gasteiger partial charge on any atom is 0.284 e. The number of halogens is 5. The highest BCUT2D eigenvalue weighted by molar-refractivity contribution is 6.44. The third-order valence-electron chi connectivity index (χ3n) is 5.87. The van der Waals surface area contributed by atoms with Crippen molar-refractivity contribution >= 4 is 58.1 Å². The average molecular weight is 557 g/mol. The highest BCUT2D eigenvalue weighted by atomic mass is 35.5. The zero-order valence-corrected chi connectivity index (χ0v) is 20.6. The molecule has 0 aliphatic carbocycles. The molecule has 0 radical (unpaired) electrons. The number of hydrogen-bond donors (Lipinski definition) is 3. The van der Waals surface area contributed by atoms with E-state index in [2.05, 4.69) is 10.3 Å². The minimum atomic E-state index is -3.75. The first-order chi connectivity index (χ1) is 17.0. The molecule has 12 heteroatoms. The molecule has 36 heavy (non-hydrogen) atoms. The van der Waals surface area contributed by atoms with Crippen LogP contribution in [0, 0.1) is 0 Å². The number of nitrogens with zero attached hydrogens (tertiary/aromatic N) is 2. The lowest BCUT2D eigenvalue weighted by Gasteiger charge is -2.33. The van der Waals surface area contributed by atoms with Crippen molar-refractivity contribution < 1.29 is 28.6 Å². The van der Waals surface area contributed by atoms with Crippen molar-refractivity contribution in [3.05, 3.63) is 86.5 Å². The third-order valence-corrected chi connectivity index (χ3v) is 6.93. The summed E-state index contributed by atoms with van der Waals surface area (Å²) in [6.45, 7) is -1.73. The van der Waals surface area contributed by atoms with Crippen LogP contribution in [0.15, 0.2) is 54.7 Å². The Bertz CT molecular complexity index is 1340. The van der Waals surface area contributed by atoms with E-state index in [0.29, 0.717) is 0 Å². The maximum absolute atomic E-state index is 14.9. The zero-order chi connectivity index (χ0) is 26.3. The number of anilines is 2. The predicted molar refractivity (Wildman–Crippen MR) is 132 cm³/mol. The van der Waals surface area contributed by atoms with Crippen LogP contribution in [-0.2, 0) is 5.60 Å². The van der Waals surface area contributed by atoms with Crippen LogP contribution in [0.4, 0.5) is 20.3 Å². The topological polar surface area (TPSA) is 103 Å². The van der Waals surface area contributed by atoms with Gasteiger partial charge in [0.05, 0.1) is 33.5 Å². The summed E-state index contributed by atoms with van der Waals surface area (Å²) in [6.07, 6.45) is 0.262. The second-order valence-corrected chi connectivity index (χ2v) is 9.30. The fourth-order valence-corrected chi connectivity index (χ4v) is 4.43. The molecule has 3 aromatic rings. The standard InChI is InChI=1S/C24H18Cl3F2N3O4/c25-14-5-6-18-16(10-14)23(36,12-33)24(28,29)8-9-32(18)22(35)13-4-7-19(30-11-13)31-21(34)15-2-1-3-17(26)20(15)27/h1-7,10-11,33,36H,8-9,12H2,(H,30,31,34)/t23-/m1/s1. The minimum absolute atomic E-state index is 0.0221. The van der Waals surface area contributed by atoms with Crippen LogP contribution >= 0.6 is 34.8 Å². The highest BCUT2D eigenvalue weighted by Crippen LogP contribution is 2.47.